The van der Waals surface area contributed by atoms with Crippen LogP contribution in [-0.4, -0.2) is 19.4 Å². The second-order valence-corrected chi connectivity index (χ2v) is 5.24. The third-order valence-electron chi connectivity index (χ3n) is 2.81. The standard InChI is InChI=1S/C16H16Cl2N2O3/c1-2-22-11-6-8-12(9-7-11)23-10-19-16(21)20-15-13(17)4-3-5-14(15)18/h3-9H,2,10H2,1H3,(H2,19,20,21). The van der Waals surface area contributed by atoms with E-state index in [4.69, 9.17) is 32.7 Å². The molecule has 2 rings (SSSR count). The average molecular weight is 355 g/mol. The summed E-state index contributed by atoms with van der Waals surface area (Å²) in [6, 6.07) is 11.6. The van der Waals surface area contributed by atoms with Gasteiger partial charge in [0.15, 0.2) is 6.73 Å². The topological polar surface area (TPSA) is 59.6 Å². The SMILES string of the molecule is CCOc1ccc(OCNC(=O)Nc2c(Cl)cccc2Cl)cc1. The van der Waals surface area contributed by atoms with Crippen molar-refractivity contribution in [2.24, 2.45) is 0 Å². The Balaban J connectivity index is 1.80. The van der Waals surface area contributed by atoms with Gasteiger partial charge in [0.05, 0.1) is 22.3 Å². The first-order valence-corrected chi connectivity index (χ1v) is 7.70. The van der Waals surface area contributed by atoms with Crippen LogP contribution in [0.4, 0.5) is 10.5 Å². The van der Waals surface area contributed by atoms with E-state index in [1.165, 1.54) is 0 Å². The molecule has 0 atom stereocenters. The maximum absolute atomic E-state index is 11.8. The van der Waals surface area contributed by atoms with Crippen LogP contribution in [0.2, 0.25) is 10.0 Å². The molecule has 2 N–H and O–H groups in total. The summed E-state index contributed by atoms with van der Waals surface area (Å²) in [5.74, 6) is 1.38. The zero-order chi connectivity index (χ0) is 16.7. The molecule has 122 valence electrons. The highest BCUT2D eigenvalue weighted by Gasteiger charge is 2.09. The van der Waals surface area contributed by atoms with Crippen molar-refractivity contribution in [3.05, 3.63) is 52.5 Å². The molecule has 2 aromatic rings. The van der Waals surface area contributed by atoms with E-state index >= 15 is 0 Å². The van der Waals surface area contributed by atoms with Crippen molar-refractivity contribution >= 4 is 34.9 Å². The molecule has 0 aliphatic heterocycles. The number of amides is 2. The Morgan fingerprint density at radius 1 is 1.00 bits per heavy atom. The monoisotopic (exact) mass is 354 g/mol. The highest BCUT2D eigenvalue weighted by Crippen LogP contribution is 2.29. The molecule has 2 aromatic carbocycles. The van der Waals surface area contributed by atoms with Crippen LogP contribution in [0, 0.1) is 0 Å². The van der Waals surface area contributed by atoms with Crippen molar-refractivity contribution in [1.29, 1.82) is 0 Å². The lowest BCUT2D eigenvalue weighted by molar-refractivity contribution is 0.234. The molecule has 0 saturated carbocycles. The molecular weight excluding hydrogens is 339 g/mol. The average Bonchev–Trinajstić information content (AvgIpc) is 2.53. The van der Waals surface area contributed by atoms with Gasteiger partial charge in [-0.2, -0.15) is 0 Å². The molecule has 5 nitrogen and oxygen atoms in total. The molecule has 0 radical (unpaired) electrons. The van der Waals surface area contributed by atoms with Crippen molar-refractivity contribution in [3.63, 3.8) is 0 Å². The van der Waals surface area contributed by atoms with Crippen molar-refractivity contribution < 1.29 is 14.3 Å². The Bertz CT molecular complexity index is 643. The Hall–Kier alpha value is -2.11. The van der Waals surface area contributed by atoms with E-state index in [1.807, 2.05) is 6.92 Å². The molecule has 0 spiro atoms. The van der Waals surface area contributed by atoms with E-state index in [-0.39, 0.29) is 6.73 Å². The summed E-state index contributed by atoms with van der Waals surface area (Å²) in [5.41, 5.74) is 0.356. The molecule has 0 fully saturated rings. The van der Waals surface area contributed by atoms with Gasteiger partial charge in [-0.1, -0.05) is 29.3 Å². The fraction of sp³-hybridized carbons (Fsp3) is 0.188. The number of rotatable bonds is 6. The van der Waals surface area contributed by atoms with Gasteiger partial charge < -0.3 is 20.1 Å². The smallest absolute Gasteiger partial charge is 0.321 e. The zero-order valence-electron chi connectivity index (χ0n) is 12.4. The number of urea groups is 1. The quantitative estimate of drug-likeness (QED) is 0.748. The van der Waals surface area contributed by atoms with E-state index in [1.54, 1.807) is 42.5 Å². The first kappa shape index (κ1) is 17.2. The molecule has 0 aliphatic rings. The predicted molar refractivity (Wildman–Crippen MR) is 91.7 cm³/mol. The highest BCUT2D eigenvalue weighted by molar-refractivity contribution is 6.39. The number of nitrogens with one attached hydrogen (secondary N) is 2. The number of benzene rings is 2. The summed E-state index contributed by atoms with van der Waals surface area (Å²) in [5, 5.41) is 5.85. The van der Waals surface area contributed by atoms with E-state index in [0.717, 1.165) is 5.75 Å². The van der Waals surface area contributed by atoms with Gasteiger partial charge in [-0.05, 0) is 43.3 Å². The van der Waals surface area contributed by atoms with Crippen LogP contribution in [0.5, 0.6) is 11.5 Å². The summed E-state index contributed by atoms with van der Waals surface area (Å²) in [7, 11) is 0. The Kier molecular flexibility index (Phi) is 6.38. The van der Waals surface area contributed by atoms with E-state index < -0.39 is 6.03 Å². The van der Waals surface area contributed by atoms with Crippen LogP contribution in [0.25, 0.3) is 0 Å². The summed E-state index contributed by atoms with van der Waals surface area (Å²) in [6.07, 6.45) is 0. The Morgan fingerprint density at radius 2 is 1.57 bits per heavy atom. The predicted octanol–water partition coefficient (Wildman–Crippen LogP) is 4.55. The van der Waals surface area contributed by atoms with Gasteiger partial charge in [0.25, 0.3) is 0 Å². The molecular formula is C16H16Cl2N2O3. The molecule has 0 unspecified atom stereocenters. The number of hydrogen-bond acceptors (Lipinski definition) is 3. The molecule has 0 saturated heterocycles. The molecule has 23 heavy (non-hydrogen) atoms. The molecule has 7 heteroatoms. The number of carbonyl (C=O) groups excluding carboxylic acids is 1. The third kappa shape index (κ3) is 5.23. The lowest BCUT2D eigenvalue weighted by Gasteiger charge is -2.11. The van der Waals surface area contributed by atoms with Gasteiger partial charge in [0.2, 0.25) is 0 Å². The van der Waals surface area contributed by atoms with Crippen molar-refractivity contribution in [1.82, 2.24) is 5.32 Å². The third-order valence-corrected chi connectivity index (χ3v) is 3.44. The van der Waals surface area contributed by atoms with Gasteiger partial charge in [-0.25, -0.2) is 4.79 Å². The van der Waals surface area contributed by atoms with Crippen LogP contribution in [0.1, 0.15) is 6.92 Å². The van der Waals surface area contributed by atoms with Crippen LogP contribution in [0.3, 0.4) is 0 Å². The number of ether oxygens (including phenoxy) is 2. The first-order valence-electron chi connectivity index (χ1n) is 6.94. The van der Waals surface area contributed by atoms with Crippen LogP contribution in [0.15, 0.2) is 42.5 Å². The zero-order valence-corrected chi connectivity index (χ0v) is 13.9. The molecule has 0 heterocycles. The Morgan fingerprint density at radius 3 is 2.13 bits per heavy atom. The van der Waals surface area contributed by atoms with Crippen LogP contribution < -0.4 is 20.1 Å². The van der Waals surface area contributed by atoms with Gasteiger partial charge in [0, 0.05) is 0 Å². The minimum absolute atomic E-state index is 0.00187. The maximum atomic E-state index is 11.8. The fourth-order valence-corrected chi connectivity index (χ4v) is 2.25. The minimum atomic E-state index is -0.467. The fourth-order valence-electron chi connectivity index (χ4n) is 1.76. The minimum Gasteiger partial charge on any atom is -0.494 e. The molecule has 2 amide bonds. The molecule has 0 bridgehead atoms. The highest BCUT2D eigenvalue weighted by atomic mass is 35.5. The Labute approximate surface area is 144 Å². The lowest BCUT2D eigenvalue weighted by Crippen LogP contribution is -2.32. The van der Waals surface area contributed by atoms with Crippen molar-refractivity contribution in [2.45, 2.75) is 6.92 Å². The van der Waals surface area contributed by atoms with E-state index in [0.29, 0.717) is 28.1 Å². The van der Waals surface area contributed by atoms with E-state index in [9.17, 15) is 4.79 Å². The van der Waals surface area contributed by atoms with Gasteiger partial charge in [0.1, 0.15) is 11.5 Å². The van der Waals surface area contributed by atoms with Crippen molar-refractivity contribution in [2.75, 3.05) is 18.7 Å². The summed E-state index contributed by atoms with van der Waals surface area (Å²) in [6.45, 7) is 2.52. The van der Waals surface area contributed by atoms with Crippen molar-refractivity contribution in [3.8, 4) is 11.5 Å². The number of halogens is 2. The molecule has 0 aliphatic carbocycles. The summed E-state index contributed by atoms with van der Waals surface area (Å²) < 4.78 is 10.7. The maximum Gasteiger partial charge on any atom is 0.321 e. The second-order valence-electron chi connectivity index (χ2n) is 4.42. The van der Waals surface area contributed by atoms with Gasteiger partial charge in [-0.3, -0.25) is 0 Å². The summed E-state index contributed by atoms with van der Waals surface area (Å²) in [4.78, 5) is 11.8. The number of anilines is 1. The number of para-hydroxylation sites is 1. The largest absolute Gasteiger partial charge is 0.494 e. The first-order chi connectivity index (χ1) is 11.1. The van der Waals surface area contributed by atoms with Gasteiger partial charge in [-0.15, -0.1) is 0 Å². The van der Waals surface area contributed by atoms with Gasteiger partial charge >= 0.3 is 6.03 Å². The molecule has 0 aromatic heterocycles. The number of carbonyl (C=O) groups is 1. The lowest BCUT2D eigenvalue weighted by atomic mass is 10.3. The normalized spacial score (nSPS) is 10.0. The van der Waals surface area contributed by atoms with Crippen LogP contribution >= 0.6 is 23.2 Å². The number of hydrogen-bond donors (Lipinski definition) is 2. The second kappa shape index (κ2) is 8.50. The van der Waals surface area contributed by atoms with E-state index in [2.05, 4.69) is 10.6 Å². The van der Waals surface area contributed by atoms with Crippen LogP contribution in [-0.2, 0) is 0 Å². The summed E-state index contributed by atoms with van der Waals surface area (Å²) >= 11 is 11.9.